The maximum absolute atomic E-state index is 11.3. The summed E-state index contributed by atoms with van der Waals surface area (Å²) in [6.07, 6.45) is 0. The number of fused-ring (bicyclic) bond motifs is 2. The van der Waals surface area contributed by atoms with E-state index in [1.54, 1.807) is 12.1 Å². The van der Waals surface area contributed by atoms with Gasteiger partial charge in [-0.25, -0.2) is 4.99 Å². The van der Waals surface area contributed by atoms with E-state index in [0.29, 0.717) is 0 Å². The minimum Gasteiger partial charge on any atom is -0.340 e. The molecular weight excluding hydrogens is 422 g/mol. The SMILES string of the molecule is C[C@]1(c2ccccc2)C2=Nc3ccccc3[C@H](c3ccccc3)N2[C@H]1c1ccc([N+](=O)[O-])cc1. The van der Waals surface area contributed by atoms with Crippen LogP contribution in [0.25, 0.3) is 0 Å². The first kappa shape index (κ1) is 20.4. The molecule has 3 atom stereocenters. The molecule has 34 heavy (non-hydrogen) atoms. The Labute approximate surface area is 198 Å². The summed E-state index contributed by atoms with van der Waals surface area (Å²) in [5, 5.41) is 11.3. The molecular formula is C29H23N3O2. The van der Waals surface area contributed by atoms with Gasteiger partial charge in [-0.05, 0) is 29.7 Å². The van der Waals surface area contributed by atoms with Crippen molar-refractivity contribution < 1.29 is 4.92 Å². The molecule has 166 valence electrons. The summed E-state index contributed by atoms with van der Waals surface area (Å²) >= 11 is 0. The molecule has 0 saturated carbocycles. The molecule has 4 aromatic rings. The number of para-hydroxylation sites is 1. The Kier molecular flexibility index (Phi) is 4.59. The molecule has 2 heterocycles. The molecule has 0 unspecified atom stereocenters. The fourth-order valence-electron chi connectivity index (χ4n) is 5.57. The van der Waals surface area contributed by atoms with Crippen LogP contribution in [0.3, 0.4) is 0 Å². The van der Waals surface area contributed by atoms with E-state index in [-0.39, 0.29) is 28.1 Å². The number of nitro benzene ring substituents is 1. The largest absolute Gasteiger partial charge is 0.340 e. The van der Waals surface area contributed by atoms with Crippen molar-refractivity contribution in [1.82, 2.24) is 4.90 Å². The third-order valence-corrected chi connectivity index (χ3v) is 7.18. The highest BCUT2D eigenvalue weighted by molar-refractivity contribution is 6.03. The van der Waals surface area contributed by atoms with Gasteiger partial charge in [-0.3, -0.25) is 10.1 Å². The summed E-state index contributed by atoms with van der Waals surface area (Å²) in [7, 11) is 0. The number of rotatable bonds is 4. The molecule has 2 aliphatic heterocycles. The molecule has 0 radical (unpaired) electrons. The van der Waals surface area contributed by atoms with Crippen LogP contribution in [-0.2, 0) is 5.41 Å². The summed E-state index contributed by atoms with van der Waals surface area (Å²) < 4.78 is 0. The zero-order chi connectivity index (χ0) is 23.3. The van der Waals surface area contributed by atoms with Crippen LogP contribution in [0.2, 0.25) is 0 Å². The van der Waals surface area contributed by atoms with Crippen molar-refractivity contribution in [3.8, 4) is 0 Å². The molecule has 1 saturated heterocycles. The third-order valence-electron chi connectivity index (χ3n) is 7.18. The van der Waals surface area contributed by atoms with Gasteiger partial charge in [-0.15, -0.1) is 0 Å². The second-order valence-corrected chi connectivity index (χ2v) is 9.03. The molecule has 6 rings (SSSR count). The molecule has 2 aliphatic rings. The highest BCUT2D eigenvalue weighted by atomic mass is 16.6. The molecule has 1 fully saturated rings. The maximum atomic E-state index is 11.3. The number of benzene rings is 4. The molecule has 0 N–H and O–H groups in total. The quantitative estimate of drug-likeness (QED) is 0.258. The van der Waals surface area contributed by atoms with Crippen molar-refractivity contribution in [1.29, 1.82) is 0 Å². The molecule has 0 spiro atoms. The smallest absolute Gasteiger partial charge is 0.269 e. The molecule has 0 amide bonds. The fraction of sp³-hybridized carbons (Fsp3) is 0.138. The summed E-state index contributed by atoms with van der Waals surface area (Å²) in [5.41, 5.74) is 5.30. The van der Waals surface area contributed by atoms with Crippen molar-refractivity contribution in [3.05, 3.63) is 142 Å². The van der Waals surface area contributed by atoms with E-state index in [1.807, 2.05) is 30.3 Å². The van der Waals surface area contributed by atoms with Crippen LogP contribution in [0.1, 0.15) is 41.3 Å². The lowest BCUT2D eigenvalue weighted by Gasteiger charge is -2.62. The number of nitrogens with zero attached hydrogens (tertiary/aromatic N) is 3. The Hall–Kier alpha value is -4.25. The summed E-state index contributed by atoms with van der Waals surface area (Å²) in [5.74, 6) is 1.02. The van der Waals surface area contributed by atoms with Crippen molar-refractivity contribution in [2.75, 3.05) is 0 Å². The van der Waals surface area contributed by atoms with E-state index in [4.69, 9.17) is 4.99 Å². The van der Waals surface area contributed by atoms with Gasteiger partial charge in [0.1, 0.15) is 5.84 Å². The van der Waals surface area contributed by atoms with Gasteiger partial charge in [-0.1, -0.05) is 91.0 Å². The Balaban J connectivity index is 1.58. The molecule has 5 heteroatoms. The average molecular weight is 446 g/mol. The Morgan fingerprint density at radius 2 is 1.41 bits per heavy atom. The lowest BCUT2D eigenvalue weighted by Crippen LogP contribution is -2.66. The maximum Gasteiger partial charge on any atom is 0.269 e. The average Bonchev–Trinajstić information content (AvgIpc) is 2.89. The lowest BCUT2D eigenvalue weighted by atomic mass is 9.62. The zero-order valence-electron chi connectivity index (χ0n) is 18.7. The van der Waals surface area contributed by atoms with Gasteiger partial charge in [0.25, 0.3) is 5.69 Å². The third kappa shape index (κ3) is 2.90. The topological polar surface area (TPSA) is 58.7 Å². The van der Waals surface area contributed by atoms with Gasteiger partial charge >= 0.3 is 0 Å². The van der Waals surface area contributed by atoms with E-state index < -0.39 is 0 Å². The second-order valence-electron chi connectivity index (χ2n) is 9.03. The van der Waals surface area contributed by atoms with E-state index >= 15 is 0 Å². The zero-order valence-corrected chi connectivity index (χ0v) is 18.7. The van der Waals surface area contributed by atoms with Crippen LogP contribution in [-0.4, -0.2) is 15.7 Å². The van der Waals surface area contributed by atoms with Gasteiger partial charge in [0, 0.05) is 17.7 Å². The van der Waals surface area contributed by atoms with Crippen LogP contribution >= 0.6 is 0 Å². The minimum absolute atomic E-state index is 0.00174. The van der Waals surface area contributed by atoms with Gasteiger partial charge in [0.2, 0.25) is 0 Å². The van der Waals surface area contributed by atoms with Gasteiger partial charge in [0.15, 0.2) is 0 Å². The number of hydrogen-bond donors (Lipinski definition) is 0. The van der Waals surface area contributed by atoms with Crippen molar-refractivity contribution in [3.63, 3.8) is 0 Å². The van der Waals surface area contributed by atoms with Crippen LogP contribution in [0.5, 0.6) is 0 Å². The highest BCUT2D eigenvalue weighted by Crippen LogP contribution is 2.60. The summed E-state index contributed by atoms with van der Waals surface area (Å²) in [6.45, 7) is 2.24. The summed E-state index contributed by atoms with van der Waals surface area (Å²) in [6, 6.07) is 36.2. The van der Waals surface area contributed by atoms with Crippen LogP contribution in [0.4, 0.5) is 11.4 Å². The van der Waals surface area contributed by atoms with Gasteiger partial charge < -0.3 is 4.90 Å². The molecule has 0 bridgehead atoms. The number of aliphatic imine (C=N–C) groups is 1. The second kappa shape index (κ2) is 7.66. The molecule has 0 aliphatic carbocycles. The summed E-state index contributed by atoms with van der Waals surface area (Å²) in [4.78, 5) is 18.5. The molecule has 5 nitrogen and oxygen atoms in total. The highest BCUT2D eigenvalue weighted by Gasteiger charge is 2.60. The predicted octanol–water partition coefficient (Wildman–Crippen LogP) is 6.74. The van der Waals surface area contributed by atoms with Crippen molar-refractivity contribution >= 4 is 17.2 Å². The first-order chi connectivity index (χ1) is 16.6. The number of amidine groups is 1. The van der Waals surface area contributed by atoms with E-state index in [9.17, 15) is 10.1 Å². The van der Waals surface area contributed by atoms with Gasteiger partial charge in [0.05, 0.1) is 28.1 Å². The fourth-order valence-corrected chi connectivity index (χ4v) is 5.57. The van der Waals surface area contributed by atoms with E-state index in [0.717, 1.165) is 17.1 Å². The van der Waals surface area contributed by atoms with Gasteiger partial charge in [-0.2, -0.15) is 0 Å². The van der Waals surface area contributed by atoms with Crippen LogP contribution in [0.15, 0.2) is 114 Å². The van der Waals surface area contributed by atoms with E-state index in [1.165, 1.54) is 16.7 Å². The van der Waals surface area contributed by atoms with Crippen LogP contribution < -0.4 is 0 Å². The minimum atomic E-state index is -0.377. The van der Waals surface area contributed by atoms with Crippen LogP contribution in [0, 0.1) is 10.1 Å². The molecule has 4 aromatic carbocycles. The normalized spacial score (nSPS) is 22.7. The number of non-ortho nitro benzene ring substituents is 1. The number of nitro groups is 1. The standard InChI is InChI=1S/C29H23N3O2/c1-29(22-12-6-3-7-13-22)27(21-16-18-23(19-17-21)32(33)34)31-26(20-10-4-2-5-11-20)24-14-8-9-15-25(24)30-28(29)31/h2-19,26-27H,1H3/t26-,27-,29+/m0/s1. The van der Waals surface area contributed by atoms with Crippen molar-refractivity contribution in [2.45, 2.75) is 24.4 Å². The van der Waals surface area contributed by atoms with E-state index in [2.05, 4.69) is 78.6 Å². The Bertz CT molecular complexity index is 1400. The lowest BCUT2D eigenvalue weighted by molar-refractivity contribution is -0.384. The Morgan fingerprint density at radius 3 is 2.09 bits per heavy atom. The Morgan fingerprint density at radius 1 is 0.794 bits per heavy atom. The number of hydrogen-bond acceptors (Lipinski definition) is 4. The predicted molar refractivity (Wildman–Crippen MR) is 133 cm³/mol. The first-order valence-corrected chi connectivity index (χ1v) is 11.4. The van der Waals surface area contributed by atoms with Crippen molar-refractivity contribution in [2.24, 2.45) is 4.99 Å². The molecule has 0 aromatic heterocycles. The first-order valence-electron chi connectivity index (χ1n) is 11.4. The monoisotopic (exact) mass is 445 g/mol.